The van der Waals surface area contributed by atoms with Crippen LogP contribution in [0.25, 0.3) is 24.0 Å². The maximum Gasteiger partial charge on any atom is 0.124 e. The van der Waals surface area contributed by atoms with Gasteiger partial charge in [0.05, 0.1) is 7.11 Å². The predicted octanol–water partition coefficient (Wildman–Crippen LogP) is 4.24. The Morgan fingerprint density at radius 3 is 2.53 bits per heavy atom. The zero-order chi connectivity index (χ0) is 13.2. The van der Waals surface area contributed by atoms with E-state index in [1.807, 2.05) is 54.6 Å². The molecule has 2 aromatic rings. The number of aliphatic hydroxyl groups is 1. The summed E-state index contributed by atoms with van der Waals surface area (Å²) in [7, 11) is 1.65. The van der Waals surface area contributed by atoms with Crippen molar-refractivity contribution in [3.8, 4) is 5.75 Å². The van der Waals surface area contributed by atoms with E-state index in [1.165, 1.54) is 0 Å². The first-order valence-corrected chi connectivity index (χ1v) is 6.14. The van der Waals surface area contributed by atoms with Gasteiger partial charge in [-0.2, -0.15) is 0 Å². The third-order valence-electron chi connectivity index (χ3n) is 3.27. The largest absolute Gasteiger partial charge is 0.507 e. The number of benzene rings is 2. The van der Waals surface area contributed by atoms with Gasteiger partial charge in [-0.05, 0) is 34.9 Å². The standard InChI is InChI=1S/C17H14O2/c1-19-15-9-8-14-11-17(18)16-5-3-2-4-12(16)6-7-13(14)10-15/h2-11,18H,1H3/b7-6-,12-6?,13-7?,14-11?,17-11+,17-16?. The summed E-state index contributed by atoms with van der Waals surface area (Å²) in [5, 5.41) is 10.2. The summed E-state index contributed by atoms with van der Waals surface area (Å²) in [6.07, 6.45) is 5.84. The highest BCUT2D eigenvalue weighted by molar-refractivity contribution is 5.89. The molecule has 1 aliphatic carbocycles. The molecule has 3 rings (SSSR count). The topological polar surface area (TPSA) is 29.5 Å². The van der Waals surface area contributed by atoms with Gasteiger partial charge in [0.15, 0.2) is 0 Å². The summed E-state index contributed by atoms with van der Waals surface area (Å²) in [4.78, 5) is 0. The second-order valence-electron chi connectivity index (χ2n) is 4.45. The van der Waals surface area contributed by atoms with Crippen molar-refractivity contribution in [2.45, 2.75) is 0 Å². The van der Waals surface area contributed by atoms with Gasteiger partial charge in [-0.25, -0.2) is 0 Å². The Bertz CT molecular complexity index is 681. The van der Waals surface area contributed by atoms with Gasteiger partial charge < -0.3 is 9.84 Å². The van der Waals surface area contributed by atoms with Crippen LogP contribution in [0.4, 0.5) is 0 Å². The lowest BCUT2D eigenvalue weighted by atomic mass is 9.97. The summed E-state index contributed by atoms with van der Waals surface area (Å²) in [5.41, 5.74) is 3.86. The van der Waals surface area contributed by atoms with Gasteiger partial charge in [0.2, 0.25) is 0 Å². The van der Waals surface area contributed by atoms with E-state index in [1.54, 1.807) is 13.2 Å². The van der Waals surface area contributed by atoms with Crippen LogP contribution in [-0.4, -0.2) is 12.2 Å². The Morgan fingerprint density at radius 2 is 1.68 bits per heavy atom. The van der Waals surface area contributed by atoms with Crippen LogP contribution in [0, 0.1) is 0 Å². The van der Waals surface area contributed by atoms with Crippen LogP contribution in [-0.2, 0) is 0 Å². The molecule has 0 aliphatic heterocycles. The van der Waals surface area contributed by atoms with E-state index in [0.29, 0.717) is 0 Å². The molecule has 1 aliphatic rings. The van der Waals surface area contributed by atoms with Gasteiger partial charge >= 0.3 is 0 Å². The van der Waals surface area contributed by atoms with Gasteiger partial charge in [-0.3, -0.25) is 0 Å². The molecule has 0 bridgehead atoms. The van der Waals surface area contributed by atoms with Crippen LogP contribution in [0.2, 0.25) is 0 Å². The fourth-order valence-corrected chi connectivity index (χ4v) is 2.24. The van der Waals surface area contributed by atoms with Crippen molar-refractivity contribution in [2.24, 2.45) is 0 Å². The van der Waals surface area contributed by atoms with Crippen molar-refractivity contribution in [1.29, 1.82) is 0 Å². The molecule has 2 aromatic carbocycles. The van der Waals surface area contributed by atoms with Gasteiger partial charge in [0.25, 0.3) is 0 Å². The minimum Gasteiger partial charge on any atom is -0.507 e. The molecule has 0 saturated carbocycles. The normalized spacial score (nSPS) is 17.2. The highest BCUT2D eigenvalue weighted by Crippen LogP contribution is 2.28. The third-order valence-corrected chi connectivity index (χ3v) is 3.27. The van der Waals surface area contributed by atoms with Crippen molar-refractivity contribution in [1.82, 2.24) is 0 Å². The summed E-state index contributed by atoms with van der Waals surface area (Å²) in [6, 6.07) is 13.6. The molecule has 0 saturated heterocycles. The Kier molecular flexibility index (Phi) is 2.84. The van der Waals surface area contributed by atoms with E-state index in [0.717, 1.165) is 28.0 Å². The Hall–Kier alpha value is -2.48. The quantitative estimate of drug-likeness (QED) is 0.820. The van der Waals surface area contributed by atoms with Gasteiger partial charge in [-0.15, -0.1) is 0 Å². The van der Waals surface area contributed by atoms with E-state index in [-0.39, 0.29) is 5.76 Å². The minimum absolute atomic E-state index is 0.284. The van der Waals surface area contributed by atoms with Crippen molar-refractivity contribution in [3.05, 3.63) is 64.7 Å². The lowest BCUT2D eigenvalue weighted by molar-refractivity contribution is 0.414. The van der Waals surface area contributed by atoms with Gasteiger partial charge in [-0.1, -0.05) is 42.5 Å². The zero-order valence-electron chi connectivity index (χ0n) is 10.6. The van der Waals surface area contributed by atoms with Crippen molar-refractivity contribution in [3.63, 3.8) is 0 Å². The van der Waals surface area contributed by atoms with Gasteiger partial charge in [0, 0.05) is 5.56 Å². The van der Waals surface area contributed by atoms with Crippen LogP contribution >= 0.6 is 0 Å². The highest BCUT2D eigenvalue weighted by Gasteiger charge is 2.09. The van der Waals surface area contributed by atoms with Crippen LogP contribution < -0.4 is 4.74 Å². The molecule has 2 nitrogen and oxygen atoms in total. The Balaban J connectivity index is 2.19. The maximum absolute atomic E-state index is 10.2. The highest BCUT2D eigenvalue weighted by atomic mass is 16.5. The van der Waals surface area contributed by atoms with Gasteiger partial charge in [0.1, 0.15) is 11.5 Å². The summed E-state index contributed by atoms with van der Waals surface area (Å²) in [6.45, 7) is 0. The van der Waals surface area contributed by atoms with Crippen LogP contribution in [0.15, 0.2) is 42.5 Å². The molecule has 0 aromatic heterocycles. The first kappa shape index (κ1) is 11.6. The average molecular weight is 250 g/mol. The number of aliphatic hydroxyl groups excluding tert-OH is 1. The van der Waals surface area contributed by atoms with Crippen molar-refractivity contribution >= 4 is 24.0 Å². The molecule has 0 atom stereocenters. The van der Waals surface area contributed by atoms with Crippen molar-refractivity contribution < 1.29 is 9.84 Å². The van der Waals surface area contributed by atoms with Crippen molar-refractivity contribution in [2.75, 3.05) is 7.11 Å². The second kappa shape index (κ2) is 4.65. The lowest BCUT2D eigenvalue weighted by Crippen LogP contribution is -1.93. The molecule has 0 amide bonds. The van der Waals surface area contributed by atoms with E-state index < -0.39 is 0 Å². The van der Waals surface area contributed by atoms with E-state index >= 15 is 0 Å². The SMILES string of the molecule is COc1ccc2c(c1)/C=C\c1ccccc1/C(O)=C\2. The predicted molar refractivity (Wildman–Crippen MR) is 78.9 cm³/mol. The second-order valence-corrected chi connectivity index (χ2v) is 4.45. The monoisotopic (exact) mass is 250 g/mol. The number of hydrogen-bond donors (Lipinski definition) is 1. The van der Waals surface area contributed by atoms with Crippen LogP contribution in [0.1, 0.15) is 22.3 Å². The molecule has 19 heavy (non-hydrogen) atoms. The minimum atomic E-state index is 0.284. The Morgan fingerprint density at radius 1 is 0.895 bits per heavy atom. The fraction of sp³-hybridized carbons (Fsp3) is 0.0588. The zero-order valence-corrected chi connectivity index (χ0v) is 10.6. The summed E-state index contributed by atoms with van der Waals surface area (Å²) < 4.78 is 5.23. The van der Waals surface area contributed by atoms with E-state index in [4.69, 9.17) is 4.74 Å². The third kappa shape index (κ3) is 2.13. The smallest absolute Gasteiger partial charge is 0.124 e. The molecule has 2 heteroatoms. The molecule has 0 radical (unpaired) electrons. The number of methoxy groups -OCH3 is 1. The number of ether oxygens (including phenoxy) is 1. The summed E-state index contributed by atoms with van der Waals surface area (Å²) >= 11 is 0. The Labute approximate surface area is 112 Å². The molecule has 0 spiro atoms. The molecule has 94 valence electrons. The first-order valence-electron chi connectivity index (χ1n) is 6.14. The van der Waals surface area contributed by atoms with Crippen LogP contribution in [0.5, 0.6) is 5.75 Å². The number of fused-ring (bicyclic) bond motifs is 2. The number of hydrogen-bond acceptors (Lipinski definition) is 2. The molecular formula is C17H14O2. The molecular weight excluding hydrogens is 236 g/mol. The first-order chi connectivity index (χ1) is 9.28. The van der Waals surface area contributed by atoms with Crippen LogP contribution in [0.3, 0.4) is 0 Å². The van der Waals surface area contributed by atoms with E-state index in [9.17, 15) is 5.11 Å². The van der Waals surface area contributed by atoms with E-state index in [2.05, 4.69) is 0 Å². The lowest BCUT2D eigenvalue weighted by Gasteiger charge is -2.11. The average Bonchev–Trinajstić information content (AvgIpc) is 2.44. The number of rotatable bonds is 1. The molecule has 0 heterocycles. The molecule has 1 N–H and O–H groups in total. The maximum atomic E-state index is 10.2. The fourth-order valence-electron chi connectivity index (χ4n) is 2.24. The molecule has 0 fully saturated rings. The molecule has 0 unspecified atom stereocenters. The summed E-state index contributed by atoms with van der Waals surface area (Å²) in [5.74, 6) is 1.09.